The number of halogens is 1. The van der Waals surface area contributed by atoms with Crippen LogP contribution in [0.15, 0.2) is 42.5 Å². The lowest BCUT2D eigenvalue weighted by Crippen LogP contribution is -2.13. The molecule has 1 heterocycles. The van der Waals surface area contributed by atoms with Gasteiger partial charge in [-0.3, -0.25) is 0 Å². The summed E-state index contributed by atoms with van der Waals surface area (Å²) >= 11 is 0. The zero-order chi connectivity index (χ0) is 21.3. The van der Waals surface area contributed by atoms with Crippen LogP contribution in [-0.4, -0.2) is 74.8 Å². The maximum absolute atomic E-state index is 5.94. The van der Waals surface area contributed by atoms with E-state index in [1.165, 1.54) is 0 Å². The molecule has 7 heteroatoms. The van der Waals surface area contributed by atoms with Crippen LogP contribution < -0.4 is 9.47 Å². The normalized spacial score (nSPS) is 10.9. The molecule has 0 saturated carbocycles. The van der Waals surface area contributed by atoms with Gasteiger partial charge >= 0.3 is 0 Å². The molecule has 0 atom stereocenters. The smallest absolute Gasteiger partial charge is 0.121 e. The molecular weight excluding hydrogens is 426 g/mol. The fraction of sp³-hybridized carbons (Fsp3) is 0.480. The summed E-state index contributed by atoms with van der Waals surface area (Å²) in [5.74, 6) is 1.76. The van der Waals surface area contributed by atoms with Gasteiger partial charge < -0.3 is 24.7 Å². The van der Waals surface area contributed by atoms with Crippen LogP contribution in [0.4, 0.5) is 0 Å². The molecule has 0 aliphatic rings. The Morgan fingerprint density at radius 3 is 1.50 bits per heavy atom. The molecule has 1 aromatic heterocycles. The van der Waals surface area contributed by atoms with Gasteiger partial charge in [-0.1, -0.05) is 0 Å². The molecule has 0 radical (unpaired) electrons. The van der Waals surface area contributed by atoms with Crippen LogP contribution >= 0.6 is 12.4 Å². The highest BCUT2D eigenvalue weighted by Crippen LogP contribution is 2.26. The first kappa shape index (κ1) is 27.9. The van der Waals surface area contributed by atoms with E-state index in [-0.39, 0.29) is 17.9 Å². The van der Waals surface area contributed by atoms with Crippen molar-refractivity contribution in [2.24, 2.45) is 0 Å². The average Bonchev–Trinajstić information content (AvgIpc) is 2.71. The number of aromatic nitrogens is 1. The van der Waals surface area contributed by atoms with Gasteiger partial charge in [-0.05, 0) is 97.3 Å². The molecule has 0 bridgehead atoms. The summed E-state index contributed by atoms with van der Waals surface area (Å²) < 4.78 is 11.9. The molecule has 0 fully saturated rings. The number of hydrogen-bond donors (Lipinski definition) is 0. The Kier molecular flexibility index (Phi) is 12.3. The molecule has 3 aromatic rings. The van der Waals surface area contributed by atoms with Crippen LogP contribution in [0.5, 0.6) is 11.5 Å². The first-order valence-electron chi connectivity index (χ1n) is 10.9. The Bertz CT molecular complexity index is 877. The van der Waals surface area contributed by atoms with Crippen LogP contribution in [0.3, 0.4) is 0 Å². The largest absolute Gasteiger partial charge is 0.494 e. The van der Waals surface area contributed by atoms with E-state index in [1.807, 2.05) is 24.3 Å². The number of fused-ring (bicyclic) bond motifs is 2. The number of rotatable bonds is 12. The Balaban J connectivity index is 0.00000256. The second-order valence-corrected chi connectivity index (χ2v) is 8.42. The van der Waals surface area contributed by atoms with Gasteiger partial charge in [-0.2, -0.15) is 0 Å². The SMILES string of the molecule is CN(C)CCCCOc1ccc2cc3ccc(OCCCCN(C)C)cc3nc2c1.Cl.O. The highest BCUT2D eigenvalue weighted by Gasteiger charge is 2.05. The Morgan fingerprint density at radius 1 is 0.656 bits per heavy atom. The number of hydrogen-bond acceptors (Lipinski definition) is 5. The second kappa shape index (κ2) is 14.1. The van der Waals surface area contributed by atoms with Crippen molar-refractivity contribution in [3.63, 3.8) is 0 Å². The first-order valence-corrected chi connectivity index (χ1v) is 10.9. The first-order chi connectivity index (χ1) is 14.5. The summed E-state index contributed by atoms with van der Waals surface area (Å²) in [5, 5.41) is 2.25. The monoisotopic (exact) mass is 463 g/mol. The standard InChI is InChI=1S/C25H35N3O2.ClH.H2O/c1-27(2)13-5-7-15-29-22-11-9-20-17-21-10-12-23(19-25(21)26-24(20)18-22)30-16-8-6-14-28(3)4;;/h9-12,17-19H,5-8,13-16H2,1-4H3;1H;1H2. The van der Waals surface area contributed by atoms with Crippen LogP contribution in [-0.2, 0) is 0 Å². The van der Waals surface area contributed by atoms with E-state index in [0.717, 1.165) is 85.3 Å². The third kappa shape index (κ3) is 8.79. The highest BCUT2D eigenvalue weighted by molar-refractivity contribution is 5.93. The van der Waals surface area contributed by atoms with Crippen molar-refractivity contribution in [1.82, 2.24) is 14.8 Å². The third-order valence-electron chi connectivity index (χ3n) is 5.09. The Hall–Kier alpha value is -2.12. The van der Waals surface area contributed by atoms with Gasteiger partial charge in [-0.25, -0.2) is 4.98 Å². The Morgan fingerprint density at radius 2 is 1.09 bits per heavy atom. The second-order valence-electron chi connectivity index (χ2n) is 8.42. The molecule has 3 rings (SSSR count). The molecule has 0 spiro atoms. The van der Waals surface area contributed by atoms with E-state index >= 15 is 0 Å². The number of nitrogens with zero attached hydrogens (tertiary/aromatic N) is 3. The van der Waals surface area contributed by atoms with Crippen LogP contribution in [0.1, 0.15) is 25.7 Å². The van der Waals surface area contributed by atoms with E-state index in [0.29, 0.717) is 0 Å². The molecule has 0 saturated heterocycles. The molecule has 2 N–H and O–H groups in total. The van der Waals surface area contributed by atoms with Gasteiger partial charge in [0.15, 0.2) is 0 Å². The van der Waals surface area contributed by atoms with Gasteiger partial charge in [0, 0.05) is 22.9 Å². The summed E-state index contributed by atoms with van der Waals surface area (Å²) in [6.45, 7) is 3.65. The van der Waals surface area contributed by atoms with E-state index in [9.17, 15) is 0 Å². The van der Waals surface area contributed by atoms with Crippen molar-refractivity contribution in [3.8, 4) is 11.5 Å². The van der Waals surface area contributed by atoms with Crippen LogP contribution in [0, 0.1) is 0 Å². The molecule has 0 aliphatic heterocycles. The Labute approximate surface area is 198 Å². The fourth-order valence-corrected chi connectivity index (χ4v) is 3.40. The van der Waals surface area contributed by atoms with Crippen molar-refractivity contribution in [2.45, 2.75) is 25.7 Å². The molecule has 6 nitrogen and oxygen atoms in total. The van der Waals surface area contributed by atoms with Crippen molar-refractivity contribution in [2.75, 3.05) is 54.5 Å². The third-order valence-corrected chi connectivity index (χ3v) is 5.09. The van der Waals surface area contributed by atoms with Gasteiger partial charge in [-0.15, -0.1) is 12.4 Å². The van der Waals surface area contributed by atoms with E-state index in [1.54, 1.807) is 0 Å². The van der Waals surface area contributed by atoms with Crippen LogP contribution in [0.2, 0.25) is 0 Å². The predicted octanol–water partition coefficient (Wildman–Crippen LogP) is 4.43. The maximum atomic E-state index is 5.94. The molecule has 0 unspecified atom stereocenters. The summed E-state index contributed by atoms with van der Waals surface area (Å²) in [6, 6.07) is 14.5. The van der Waals surface area contributed by atoms with Gasteiger partial charge in [0.05, 0.1) is 24.2 Å². The minimum absolute atomic E-state index is 0. The van der Waals surface area contributed by atoms with Crippen molar-refractivity contribution in [1.29, 1.82) is 0 Å². The average molecular weight is 464 g/mol. The summed E-state index contributed by atoms with van der Waals surface area (Å²) in [7, 11) is 8.40. The zero-order valence-electron chi connectivity index (χ0n) is 19.8. The fourth-order valence-electron chi connectivity index (χ4n) is 3.40. The predicted molar refractivity (Wildman–Crippen MR) is 137 cm³/mol. The lowest BCUT2D eigenvalue weighted by atomic mass is 10.1. The highest BCUT2D eigenvalue weighted by atomic mass is 35.5. The van der Waals surface area contributed by atoms with Crippen molar-refractivity contribution in [3.05, 3.63) is 42.5 Å². The number of pyridine rings is 1. The quantitative estimate of drug-likeness (QED) is 0.293. The van der Waals surface area contributed by atoms with Crippen molar-refractivity contribution >= 4 is 34.2 Å². The number of benzene rings is 2. The van der Waals surface area contributed by atoms with E-state index < -0.39 is 0 Å². The zero-order valence-corrected chi connectivity index (χ0v) is 20.6. The number of unbranched alkanes of at least 4 members (excludes halogenated alkanes) is 2. The molecule has 32 heavy (non-hydrogen) atoms. The van der Waals surface area contributed by atoms with Crippen LogP contribution in [0.25, 0.3) is 21.8 Å². The molecule has 178 valence electrons. The molecular formula is C25H38ClN3O3. The van der Waals surface area contributed by atoms with Gasteiger partial charge in [0.25, 0.3) is 0 Å². The summed E-state index contributed by atoms with van der Waals surface area (Å²) in [4.78, 5) is 9.26. The van der Waals surface area contributed by atoms with Crippen molar-refractivity contribution < 1.29 is 14.9 Å². The molecule has 2 aromatic carbocycles. The molecule has 0 aliphatic carbocycles. The summed E-state index contributed by atoms with van der Waals surface area (Å²) in [6.07, 6.45) is 4.38. The maximum Gasteiger partial charge on any atom is 0.121 e. The van der Waals surface area contributed by atoms with Gasteiger partial charge in [0.2, 0.25) is 0 Å². The minimum atomic E-state index is 0. The summed E-state index contributed by atoms with van der Waals surface area (Å²) in [5.41, 5.74) is 1.91. The van der Waals surface area contributed by atoms with E-state index in [2.05, 4.69) is 56.2 Å². The van der Waals surface area contributed by atoms with E-state index in [4.69, 9.17) is 14.5 Å². The lowest BCUT2D eigenvalue weighted by molar-refractivity contribution is 0.293. The molecule has 0 amide bonds. The number of ether oxygens (including phenoxy) is 2. The van der Waals surface area contributed by atoms with Gasteiger partial charge in [0.1, 0.15) is 11.5 Å². The minimum Gasteiger partial charge on any atom is -0.494 e. The lowest BCUT2D eigenvalue weighted by Gasteiger charge is -2.11. The topological polar surface area (TPSA) is 69.3 Å².